The fraction of sp³-hybridized carbons (Fsp3) is 0.682. The van der Waals surface area contributed by atoms with E-state index in [9.17, 15) is 18.8 Å². The monoisotopic (exact) mass is 496 g/mol. The van der Waals surface area contributed by atoms with Crippen LogP contribution in [0.25, 0.3) is 11.2 Å². The molecule has 0 aliphatic carbocycles. The lowest BCUT2D eigenvalue weighted by molar-refractivity contribution is -0.173. The molecule has 2 aromatic heterocycles. The third-order valence-corrected chi connectivity index (χ3v) is 6.18. The van der Waals surface area contributed by atoms with Crippen LogP contribution in [0.3, 0.4) is 0 Å². The molecule has 13 heteroatoms. The lowest BCUT2D eigenvalue weighted by Crippen LogP contribution is -2.42. The van der Waals surface area contributed by atoms with Gasteiger partial charge in [-0.25, -0.2) is 14.2 Å². The number of aromatic amines is 1. The molecular weight excluding hydrogens is 463 g/mol. The minimum Gasteiger partial charge on any atom is -0.460 e. The standard InChI is InChI=1S/C22H33FN6O6/c1-4-6-7-13(35-21(32)16(24)11(3)5-2)20(31)33-9-14-12(23)8-15(34-14)29-10-26-17-18(29)27-22(25)28-19(17)30/h10-16H,4-9,24H2,1-3H3,(H3,25,27,28,30)/t11-,12-,13?,14+,15+,16-/m0/s1. The zero-order valence-corrected chi connectivity index (χ0v) is 20.1. The van der Waals surface area contributed by atoms with Gasteiger partial charge >= 0.3 is 11.9 Å². The Morgan fingerprint density at radius 2 is 2.11 bits per heavy atom. The summed E-state index contributed by atoms with van der Waals surface area (Å²) in [6, 6.07) is -0.856. The molecule has 0 amide bonds. The average molecular weight is 497 g/mol. The smallest absolute Gasteiger partial charge is 0.347 e. The summed E-state index contributed by atoms with van der Waals surface area (Å²) >= 11 is 0. The van der Waals surface area contributed by atoms with E-state index >= 15 is 0 Å². The number of hydrogen-bond acceptors (Lipinski definition) is 10. The van der Waals surface area contributed by atoms with E-state index in [0.29, 0.717) is 12.8 Å². The number of carbonyl (C=O) groups excluding carboxylic acids is 2. The Morgan fingerprint density at radius 1 is 1.37 bits per heavy atom. The zero-order chi connectivity index (χ0) is 25.7. The second-order valence-electron chi connectivity index (χ2n) is 8.77. The third kappa shape index (κ3) is 6.14. The second-order valence-corrected chi connectivity index (χ2v) is 8.77. The van der Waals surface area contributed by atoms with Crippen LogP contribution in [0.1, 0.15) is 59.1 Å². The van der Waals surface area contributed by atoms with Crippen LogP contribution >= 0.6 is 0 Å². The van der Waals surface area contributed by atoms with E-state index in [2.05, 4.69) is 15.0 Å². The summed E-state index contributed by atoms with van der Waals surface area (Å²) in [4.78, 5) is 47.4. The van der Waals surface area contributed by atoms with Crippen LogP contribution in [0.15, 0.2) is 11.1 Å². The number of fused-ring (bicyclic) bond motifs is 1. The predicted octanol–water partition coefficient (Wildman–Crippen LogP) is 1.35. The van der Waals surface area contributed by atoms with Crippen molar-refractivity contribution in [3.63, 3.8) is 0 Å². The van der Waals surface area contributed by atoms with Crippen molar-refractivity contribution in [3.8, 4) is 0 Å². The van der Waals surface area contributed by atoms with Crippen molar-refractivity contribution in [1.29, 1.82) is 0 Å². The molecule has 35 heavy (non-hydrogen) atoms. The van der Waals surface area contributed by atoms with Crippen molar-refractivity contribution < 1.29 is 28.2 Å². The maximum Gasteiger partial charge on any atom is 0.347 e. The second kappa shape index (κ2) is 11.6. The Hall–Kier alpha value is -3.06. The van der Waals surface area contributed by atoms with Gasteiger partial charge in [0, 0.05) is 6.42 Å². The quantitative estimate of drug-likeness (QED) is 0.385. The van der Waals surface area contributed by atoms with Gasteiger partial charge in [0.1, 0.15) is 31.2 Å². The summed E-state index contributed by atoms with van der Waals surface area (Å²) in [5.74, 6) is -1.67. The molecule has 0 bridgehead atoms. The van der Waals surface area contributed by atoms with Gasteiger partial charge in [-0.1, -0.05) is 33.6 Å². The Balaban J connectivity index is 1.63. The maximum absolute atomic E-state index is 14.7. The molecule has 3 rings (SSSR count). The third-order valence-electron chi connectivity index (χ3n) is 6.18. The number of hydrogen-bond donors (Lipinski definition) is 3. The number of aromatic nitrogens is 4. The number of halogens is 1. The van der Waals surface area contributed by atoms with Crippen LogP contribution in [-0.4, -0.2) is 62.5 Å². The highest BCUT2D eigenvalue weighted by atomic mass is 19.1. The number of nitrogens with zero attached hydrogens (tertiary/aromatic N) is 3. The van der Waals surface area contributed by atoms with E-state index in [1.165, 1.54) is 10.9 Å². The number of esters is 2. The molecule has 2 aromatic rings. The fourth-order valence-electron chi connectivity index (χ4n) is 3.74. The first kappa shape index (κ1) is 26.5. The highest BCUT2D eigenvalue weighted by molar-refractivity contribution is 5.82. The van der Waals surface area contributed by atoms with Gasteiger partial charge in [0.25, 0.3) is 5.56 Å². The molecule has 0 aromatic carbocycles. The topological polar surface area (TPSA) is 177 Å². The Kier molecular flexibility index (Phi) is 8.78. The van der Waals surface area contributed by atoms with Crippen LogP contribution in [-0.2, 0) is 23.8 Å². The van der Waals surface area contributed by atoms with E-state index < -0.39 is 48.1 Å². The first-order valence-electron chi connectivity index (χ1n) is 11.8. The van der Waals surface area contributed by atoms with Gasteiger partial charge in [-0.3, -0.25) is 19.1 Å². The molecule has 0 saturated carbocycles. The van der Waals surface area contributed by atoms with Crippen LogP contribution < -0.4 is 17.0 Å². The van der Waals surface area contributed by atoms with E-state index in [4.69, 9.17) is 25.7 Å². The summed E-state index contributed by atoms with van der Waals surface area (Å²) < 4.78 is 32.5. The zero-order valence-electron chi connectivity index (χ0n) is 20.1. The summed E-state index contributed by atoms with van der Waals surface area (Å²) in [6.07, 6.45) is -0.879. The summed E-state index contributed by atoms with van der Waals surface area (Å²) in [5.41, 5.74) is 11.2. The maximum atomic E-state index is 14.7. The number of ether oxygens (including phenoxy) is 3. The number of unbranched alkanes of at least 4 members (excludes halogenated alkanes) is 1. The van der Waals surface area contributed by atoms with Gasteiger partial charge in [0.2, 0.25) is 5.95 Å². The molecule has 12 nitrogen and oxygen atoms in total. The van der Waals surface area contributed by atoms with Crippen molar-refractivity contribution in [2.24, 2.45) is 11.7 Å². The largest absolute Gasteiger partial charge is 0.460 e. The summed E-state index contributed by atoms with van der Waals surface area (Å²) in [7, 11) is 0. The lowest BCUT2D eigenvalue weighted by Gasteiger charge is -2.22. The molecule has 5 N–H and O–H groups in total. The number of rotatable bonds is 11. The van der Waals surface area contributed by atoms with Gasteiger partial charge in [0.05, 0.1) is 6.33 Å². The number of alkyl halides is 1. The number of nitrogens with two attached hydrogens (primary N) is 2. The van der Waals surface area contributed by atoms with Gasteiger partial charge in [-0.15, -0.1) is 0 Å². The Morgan fingerprint density at radius 3 is 2.80 bits per heavy atom. The first-order valence-corrected chi connectivity index (χ1v) is 11.8. The van der Waals surface area contributed by atoms with Crippen LogP contribution in [0, 0.1) is 5.92 Å². The van der Waals surface area contributed by atoms with Crippen molar-refractivity contribution in [1.82, 2.24) is 19.5 Å². The number of nitrogen functional groups attached to an aromatic ring is 1. The molecule has 1 fully saturated rings. The molecule has 1 aliphatic heterocycles. The van der Waals surface area contributed by atoms with E-state index in [1.54, 1.807) is 0 Å². The number of imidazole rings is 1. The molecule has 1 saturated heterocycles. The molecule has 1 aliphatic rings. The highest BCUT2D eigenvalue weighted by Crippen LogP contribution is 2.32. The molecule has 1 unspecified atom stereocenters. The van der Waals surface area contributed by atoms with Crippen molar-refractivity contribution in [2.45, 2.75) is 83.5 Å². The minimum atomic E-state index is -1.46. The van der Waals surface area contributed by atoms with E-state index in [1.807, 2.05) is 20.8 Å². The number of nitrogens with one attached hydrogen (secondary N) is 1. The van der Waals surface area contributed by atoms with Gasteiger partial charge < -0.3 is 25.7 Å². The van der Waals surface area contributed by atoms with Crippen LogP contribution in [0.2, 0.25) is 0 Å². The Bertz CT molecular complexity index is 1090. The van der Waals surface area contributed by atoms with E-state index in [-0.39, 0.29) is 42.5 Å². The van der Waals surface area contributed by atoms with Crippen molar-refractivity contribution >= 4 is 29.1 Å². The molecular formula is C22H33FN6O6. The molecule has 0 radical (unpaired) electrons. The summed E-state index contributed by atoms with van der Waals surface area (Å²) in [6.45, 7) is 5.28. The predicted molar refractivity (Wildman–Crippen MR) is 124 cm³/mol. The van der Waals surface area contributed by atoms with Gasteiger partial charge in [-0.05, 0) is 18.8 Å². The number of H-pyrrole nitrogens is 1. The van der Waals surface area contributed by atoms with Crippen LogP contribution in [0.4, 0.5) is 10.3 Å². The highest BCUT2D eigenvalue weighted by Gasteiger charge is 2.39. The number of anilines is 1. The first-order chi connectivity index (χ1) is 16.7. The summed E-state index contributed by atoms with van der Waals surface area (Å²) in [5, 5.41) is 0. The van der Waals surface area contributed by atoms with E-state index in [0.717, 1.165) is 6.42 Å². The fourth-order valence-corrected chi connectivity index (χ4v) is 3.74. The van der Waals surface area contributed by atoms with Crippen molar-refractivity contribution in [2.75, 3.05) is 12.3 Å². The van der Waals surface area contributed by atoms with Gasteiger partial charge in [0.15, 0.2) is 17.3 Å². The average Bonchev–Trinajstić information content (AvgIpc) is 3.42. The molecule has 194 valence electrons. The van der Waals surface area contributed by atoms with Crippen molar-refractivity contribution in [3.05, 3.63) is 16.7 Å². The van der Waals surface area contributed by atoms with Crippen LogP contribution in [0.5, 0.6) is 0 Å². The molecule has 0 spiro atoms. The Labute approximate surface area is 201 Å². The SMILES string of the molecule is CCCCC(OC(=O)[C@@H](N)[C@@H](C)CC)C(=O)OC[C@H]1O[C@@H](n2cnc3c(=O)[nH]c(N)nc32)C[C@@H]1F. The molecule has 6 atom stereocenters. The lowest BCUT2D eigenvalue weighted by atomic mass is 10.0. The minimum absolute atomic E-state index is 0.0456. The molecule has 3 heterocycles. The normalized spacial score (nSPS) is 22.6. The van der Waals surface area contributed by atoms with Gasteiger partial charge in [-0.2, -0.15) is 4.98 Å². The number of carbonyl (C=O) groups is 2.